The largest absolute Gasteiger partial charge is 0.461 e. The molecule has 2 aromatic carbocycles. The Morgan fingerprint density at radius 3 is 2.55 bits per heavy atom. The van der Waals surface area contributed by atoms with Gasteiger partial charge >= 0.3 is 5.97 Å². The maximum atomic E-state index is 13.3. The fourth-order valence-electron chi connectivity index (χ4n) is 3.42. The van der Waals surface area contributed by atoms with Crippen LogP contribution in [0.4, 0.5) is 5.69 Å². The van der Waals surface area contributed by atoms with E-state index >= 15 is 0 Å². The van der Waals surface area contributed by atoms with Crippen LogP contribution in [-0.2, 0) is 14.8 Å². The van der Waals surface area contributed by atoms with Crippen LogP contribution in [0.3, 0.4) is 0 Å². The monoisotopic (exact) mass is 414 g/mol. The Labute approximate surface area is 169 Å². The summed E-state index contributed by atoms with van der Waals surface area (Å²) < 4.78 is 32.5. The second kappa shape index (κ2) is 7.84. The number of rotatable bonds is 5. The summed E-state index contributed by atoms with van der Waals surface area (Å²) in [6.07, 6.45) is 0. The maximum Gasteiger partial charge on any atom is 0.359 e. The summed E-state index contributed by atoms with van der Waals surface area (Å²) in [7, 11) is -3.97. The van der Waals surface area contributed by atoms with Crippen LogP contribution in [0.25, 0.3) is 10.9 Å². The van der Waals surface area contributed by atoms with Gasteiger partial charge in [0, 0.05) is 37.3 Å². The molecule has 4 rings (SSSR count). The molecule has 1 saturated heterocycles. The molecule has 152 valence electrons. The molecule has 1 aromatic heterocycles. The summed E-state index contributed by atoms with van der Waals surface area (Å²) in [6, 6.07) is 13.5. The first kappa shape index (κ1) is 19.4. The number of nitrogens with zero attached hydrogens (tertiary/aromatic N) is 3. The molecule has 1 aliphatic heterocycles. The molecule has 0 atom stereocenters. The number of carbonyl (C=O) groups excluding carboxylic acids is 1. The standard InChI is InChI=1S/C20H22N4O4S/c1-2-28-20(25)19-17-9-8-15(23-12-10-21-11-13-23)14-18(17)24(22-19)29(26,27)16-6-4-3-5-7-16/h3-9,14,21H,2,10-13H2,1H3. The number of aromatic nitrogens is 2. The molecule has 3 aromatic rings. The number of anilines is 1. The Kier molecular flexibility index (Phi) is 5.25. The van der Waals surface area contributed by atoms with E-state index in [2.05, 4.69) is 15.3 Å². The van der Waals surface area contributed by atoms with Crippen LogP contribution in [0, 0.1) is 0 Å². The van der Waals surface area contributed by atoms with Gasteiger partial charge in [0.25, 0.3) is 10.0 Å². The van der Waals surface area contributed by atoms with Crippen molar-refractivity contribution < 1.29 is 17.9 Å². The van der Waals surface area contributed by atoms with E-state index in [1.165, 1.54) is 12.1 Å². The van der Waals surface area contributed by atoms with E-state index in [-0.39, 0.29) is 17.2 Å². The van der Waals surface area contributed by atoms with Gasteiger partial charge in [-0.3, -0.25) is 0 Å². The lowest BCUT2D eigenvalue weighted by Crippen LogP contribution is -2.43. The van der Waals surface area contributed by atoms with Crippen molar-refractivity contribution in [2.45, 2.75) is 11.8 Å². The topological polar surface area (TPSA) is 93.5 Å². The third-order valence-corrected chi connectivity index (χ3v) is 6.45. The van der Waals surface area contributed by atoms with Gasteiger partial charge in [0.2, 0.25) is 0 Å². The molecule has 0 radical (unpaired) electrons. The lowest BCUT2D eigenvalue weighted by molar-refractivity contribution is 0.0521. The summed E-state index contributed by atoms with van der Waals surface area (Å²) in [5, 5.41) is 7.91. The van der Waals surface area contributed by atoms with Crippen molar-refractivity contribution in [3.63, 3.8) is 0 Å². The van der Waals surface area contributed by atoms with Gasteiger partial charge in [-0.1, -0.05) is 18.2 Å². The highest BCUT2D eigenvalue weighted by molar-refractivity contribution is 7.90. The Hall–Kier alpha value is -2.91. The number of ether oxygens (including phenoxy) is 1. The zero-order chi connectivity index (χ0) is 20.4. The van der Waals surface area contributed by atoms with E-state index < -0.39 is 16.0 Å². The van der Waals surface area contributed by atoms with Crippen LogP contribution < -0.4 is 10.2 Å². The van der Waals surface area contributed by atoms with Crippen molar-refractivity contribution in [3.05, 3.63) is 54.2 Å². The van der Waals surface area contributed by atoms with E-state index in [1.54, 1.807) is 37.3 Å². The molecule has 0 bridgehead atoms. The maximum absolute atomic E-state index is 13.3. The molecular weight excluding hydrogens is 392 g/mol. The average molecular weight is 414 g/mol. The predicted molar refractivity (Wildman–Crippen MR) is 110 cm³/mol. The Balaban J connectivity index is 1.90. The number of hydrogen-bond donors (Lipinski definition) is 1. The summed E-state index contributed by atoms with van der Waals surface area (Å²) in [5.41, 5.74) is 1.24. The summed E-state index contributed by atoms with van der Waals surface area (Å²) in [6.45, 7) is 5.21. The van der Waals surface area contributed by atoms with E-state index in [1.807, 2.05) is 6.07 Å². The predicted octanol–water partition coefficient (Wildman–Crippen LogP) is 1.86. The highest BCUT2D eigenvalue weighted by Gasteiger charge is 2.27. The van der Waals surface area contributed by atoms with Gasteiger partial charge in [-0.2, -0.15) is 12.5 Å². The lowest BCUT2D eigenvalue weighted by Gasteiger charge is -2.29. The van der Waals surface area contributed by atoms with E-state index in [4.69, 9.17) is 4.74 Å². The highest BCUT2D eigenvalue weighted by atomic mass is 32.2. The molecule has 29 heavy (non-hydrogen) atoms. The minimum absolute atomic E-state index is 0.00628. The molecule has 9 heteroatoms. The van der Waals surface area contributed by atoms with Gasteiger partial charge in [-0.15, -0.1) is 5.10 Å². The molecular formula is C20H22N4O4S. The fraction of sp³-hybridized carbons (Fsp3) is 0.300. The summed E-state index contributed by atoms with van der Waals surface area (Å²) >= 11 is 0. The van der Waals surface area contributed by atoms with Crippen LogP contribution >= 0.6 is 0 Å². The van der Waals surface area contributed by atoms with Crippen LogP contribution in [0.2, 0.25) is 0 Å². The number of benzene rings is 2. The molecule has 1 fully saturated rings. The third kappa shape index (κ3) is 3.58. The van der Waals surface area contributed by atoms with Crippen LogP contribution in [0.15, 0.2) is 53.4 Å². The second-order valence-electron chi connectivity index (χ2n) is 6.67. The van der Waals surface area contributed by atoms with Crippen molar-refractivity contribution in [2.75, 3.05) is 37.7 Å². The number of fused-ring (bicyclic) bond motifs is 1. The van der Waals surface area contributed by atoms with Gasteiger partial charge < -0.3 is 15.0 Å². The quantitative estimate of drug-likeness (QED) is 0.637. The van der Waals surface area contributed by atoms with Gasteiger partial charge in [0.05, 0.1) is 17.0 Å². The van der Waals surface area contributed by atoms with Crippen molar-refractivity contribution in [1.29, 1.82) is 0 Å². The van der Waals surface area contributed by atoms with Crippen molar-refractivity contribution in [1.82, 2.24) is 14.5 Å². The molecule has 0 saturated carbocycles. The van der Waals surface area contributed by atoms with E-state index in [0.717, 1.165) is 36.0 Å². The minimum Gasteiger partial charge on any atom is -0.461 e. The number of carbonyl (C=O) groups is 1. The van der Waals surface area contributed by atoms with Crippen molar-refractivity contribution in [3.8, 4) is 0 Å². The molecule has 8 nitrogen and oxygen atoms in total. The molecule has 2 heterocycles. The molecule has 0 unspecified atom stereocenters. The number of nitrogens with one attached hydrogen (secondary N) is 1. The molecule has 0 spiro atoms. The normalized spacial score (nSPS) is 14.9. The lowest BCUT2D eigenvalue weighted by atomic mass is 10.1. The highest BCUT2D eigenvalue weighted by Crippen LogP contribution is 2.28. The third-order valence-electron chi connectivity index (χ3n) is 4.85. The van der Waals surface area contributed by atoms with Crippen LogP contribution in [-0.4, -0.2) is 56.4 Å². The number of hydrogen-bond acceptors (Lipinski definition) is 7. The Bertz CT molecular complexity index is 1140. The average Bonchev–Trinajstić information content (AvgIpc) is 3.15. The zero-order valence-corrected chi connectivity index (χ0v) is 16.9. The van der Waals surface area contributed by atoms with Gasteiger partial charge in [0.1, 0.15) is 0 Å². The molecule has 0 amide bonds. The first-order valence-electron chi connectivity index (χ1n) is 9.48. The second-order valence-corrected chi connectivity index (χ2v) is 8.44. The van der Waals surface area contributed by atoms with E-state index in [9.17, 15) is 13.2 Å². The van der Waals surface area contributed by atoms with Crippen LogP contribution in [0.1, 0.15) is 17.4 Å². The Morgan fingerprint density at radius 2 is 1.86 bits per heavy atom. The SMILES string of the molecule is CCOC(=O)c1nn(S(=O)(=O)c2ccccc2)c2cc(N3CCNCC3)ccc12. The minimum atomic E-state index is -3.97. The van der Waals surface area contributed by atoms with Gasteiger partial charge in [0.15, 0.2) is 5.69 Å². The van der Waals surface area contributed by atoms with Gasteiger partial charge in [-0.05, 0) is 37.3 Å². The van der Waals surface area contributed by atoms with Gasteiger partial charge in [-0.25, -0.2) is 4.79 Å². The fourth-order valence-corrected chi connectivity index (χ4v) is 4.72. The summed E-state index contributed by atoms with van der Waals surface area (Å²) in [5.74, 6) is -0.644. The smallest absolute Gasteiger partial charge is 0.359 e. The van der Waals surface area contributed by atoms with Crippen molar-refractivity contribution in [2.24, 2.45) is 0 Å². The first-order valence-corrected chi connectivity index (χ1v) is 10.9. The van der Waals surface area contributed by atoms with Crippen LogP contribution in [0.5, 0.6) is 0 Å². The van der Waals surface area contributed by atoms with Crippen molar-refractivity contribution >= 4 is 32.6 Å². The Morgan fingerprint density at radius 1 is 1.14 bits per heavy atom. The first-order chi connectivity index (χ1) is 14.0. The summed E-state index contributed by atoms with van der Waals surface area (Å²) in [4.78, 5) is 14.7. The number of esters is 1. The molecule has 1 aliphatic rings. The number of piperazine rings is 1. The zero-order valence-electron chi connectivity index (χ0n) is 16.0. The molecule has 0 aliphatic carbocycles. The molecule has 1 N–H and O–H groups in total. The van der Waals surface area contributed by atoms with E-state index in [0.29, 0.717) is 10.9 Å².